The van der Waals surface area contributed by atoms with Crippen molar-refractivity contribution in [2.75, 3.05) is 33.0 Å². The van der Waals surface area contributed by atoms with E-state index in [1.54, 1.807) is 0 Å². The molecule has 0 bridgehead atoms. The largest absolute Gasteiger partial charge is 0.381 e. The van der Waals surface area contributed by atoms with Crippen molar-refractivity contribution in [2.45, 2.75) is 125 Å². The Labute approximate surface area is 200 Å². The molecule has 0 fully saturated rings. The molecular weight excluding hydrogens is 400 g/mol. The summed E-state index contributed by atoms with van der Waals surface area (Å²) in [6, 6.07) is 0. The second kappa shape index (κ2) is 14.6. The van der Waals surface area contributed by atoms with Crippen LogP contribution in [0, 0.1) is 10.8 Å². The first-order chi connectivity index (χ1) is 14.5. The van der Waals surface area contributed by atoms with Crippen molar-refractivity contribution >= 4 is 5.91 Å². The van der Waals surface area contributed by atoms with Gasteiger partial charge in [-0.3, -0.25) is 4.79 Å². The third kappa shape index (κ3) is 21.2. The Kier molecular flexibility index (Phi) is 14.3. The average Bonchev–Trinajstić information content (AvgIpc) is 2.60. The highest BCUT2D eigenvalue weighted by atomic mass is 16.5. The van der Waals surface area contributed by atoms with E-state index in [2.05, 4.69) is 59.1 Å². The molecular formula is C27H56N2O3. The van der Waals surface area contributed by atoms with E-state index in [4.69, 9.17) is 9.47 Å². The molecule has 0 aromatic rings. The molecule has 0 aliphatic heterocycles. The summed E-state index contributed by atoms with van der Waals surface area (Å²) < 4.78 is 11.4. The molecule has 0 heterocycles. The average molecular weight is 457 g/mol. The summed E-state index contributed by atoms with van der Waals surface area (Å²) in [6.07, 6.45) is 7.30. The normalized spacial score (nSPS) is 13.4. The van der Waals surface area contributed by atoms with E-state index in [-0.39, 0.29) is 22.4 Å². The lowest BCUT2D eigenvalue weighted by Crippen LogP contribution is -2.41. The summed E-state index contributed by atoms with van der Waals surface area (Å²) in [5.41, 5.74) is 0.555. The molecule has 0 unspecified atom stereocenters. The van der Waals surface area contributed by atoms with E-state index >= 15 is 0 Å². The molecule has 5 nitrogen and oxygen atoms in total. The molecule has 0 spiro atoms. The van der Waals surface area contributed by atoms with Crippen LogP contribution in [-0.2, 0) is 14.3 Å². The van der Waals surface area contributed by atoms with Gasteiger partial charge in [0.25, 0.3) is 0 Å². The zero-order chi connectivity index (χ0) is 24.9. The number of carbonyl (C=O) groups excluding carboxylic acids is 1. The van der Waals surface area contributed by atoms with E-state index in [0.717, 1.165) is 39.2 Å². The van der Waals surface area contributed by atoms with Crippen LogP contribution < -0.4 is 10.6 Å². The Morgan fingerprint density at radius 2 is 1.34 bits per heavy atom. The van der Waals surface area contributed by atoms with Crippen molar-refractivity contribution in [1.29, 1.82) is 0 Å². The summed E-state index contributed by atoms with van der Waals surface area (Å²) >= 11 is 0. The SMILES string of the molecule is CC(C)(C)COCCCNC(C)(C)CCC(C)(C)CCCCOCCC(=O)NC(C)(C)C. The number of carbonyl (C=O) groups is 1. The van der Waals surface area contributed by atoms with Gasteiger partial charge in [-0.15, -0.1) is 0 Å². The Morgan fingerprint density at radius 1 is 0.719 bits per heavy atom. The van der Waals surface area contributed by atoms with Crippen molar-refractivity contribution < 1.29 is 14.3 Å². The maximum absolute atomic E-state index is 11.8. The minimum Gasteiger partial charge on any atom is -0.381 e. The van der Waals surface area contributed by atoms with Crippen LogP contribution >= 0.6 is 0 Å². The van der Waals surface area contributed by atoms with E-state index in [0.29, 0.717) is 18.4 Å². The Morgan fingerprint density at radius 3 is 1.94 bits per heavy atom. The molecule has 0 saturated heterocycles. The van der Waals surface area contributed by atoms with Gasteiger partial charge in [-0.05, 0) is 84.1 Å². The number of hydrogen-bond acceptors (Lipinski definition) is 4. The molecule has 0 rings (SSSR count). The predicted molar refractivity (Wildman–Crippen MR) is 137 cm³/mol. The molecule has 0 atom stereocenters. The monoisotopic (exact) mass is 456 g/mol. The molecule has 5 heteroatoms. The van der Waals surface area contributed by atoms with Crippen LogP contribution in [-0.4, -0.2) is 50.0 Å². The van der Waals surface area contributed by atoms with Gasteiger partial charge in [-0.25, -0.2) is 0 Å². The van der Waals surface area contributed by atoms with E-state index in [9.17, 15) is 4.79 Å². The standard InChI is InChI=1S/C27H56N2O3/c1-24(2,3)22-32-20-13-18-28-27(9,10)17-16-26(7,8)15-11-12-19-31-21-14-23(30)29-25(4,5)6/h28H,11-22H2,1-10H3,(H,29,30). The second-order valence-electron chi connectivity index (χ2n) is 13.1. The van der Waals surface area contributed by atoms with Crippen LogP contribution in [0.2, 0.25) is 0 Å². The second-order valence-corrected chi connectivity index (χ2v) is 13.1. The van der Waals surface area contributed by atoms with Crippen molar-refractivity contribution in [3.05, 3.63) is 0 Å². The van der Waals surface area contributed by atoms with Crippen LogP contribution in [0.15, 0.2) is 0 Å². The third-order valence-corrected chi connectivity index (χ3v) is 5.41. The van der Waals surface area contributed by atoms with Gasteiger partial charge >= 0.3 is 0 Å². The third-order valence-electron chi connectivity index (χ3n) is 5.41. The van der Waals surface area contributed by atoms with Gasteiger partial charge in [-0.1, -0.05) is 41.0 Å². The van der Waals surface area contributed by atoms with E-state index in [1.807, 2.05) is 20.8 Å². The molecule has 1 amide bonds. The smallest absolute Gasteiger partial charge is 0.222 e. The number of nitrogens with one attached hydrogen (secondary N) is 2. The van der Waals surface area contributed by atoms with Crippen LogP contribution in [0.25, 0.3) is 0 Å². The highest BCUT2D eigenvalue weighted by molar-refractivity contribution is 5.76. The maximum Gasteiger partial charge on any atom is 0.222 e. The topological polar surface area (TPSA) is 59.6 Å². The van der Waals surface area contributed by atoms with Gasteiger partial charge in [0.2, 0.25) is 5.91 Å². The fourth-order valence-corrected chi connectivity index (χ4v) is 3.40. The summed E-state index contributed by atoms with van der Waals surface area (Å²) in [5.74, 6) is 0.0623. The molecule has 0 aromatic carbocycles. The van der Waals surface area contributed by atoms with Crippen molar-refractivity contribution in [2.24, 2.45) is 10.8 Å². The number of ether oxygens (including phenoxy) is 2. The molecule has 0 aromatic heterocycles. The van der Waals surface area contributed by atoms with Crippen molar-refractivity contribution in [3.63, 3.8) is 0 Å². The zero-order valence-corrected chi connectivity index (χ0v) is 23.2. The van der Waals surface area contributed by atoms with Crippen LogP contribution in [0.4, 0.5) is 0 Å². The van der Waals surface area contributed by atoms with Crippen molar-refractivity contribution in [3.8, 4) is 0 Å². The summed E-state index contributed by atoms with van der Waals surface area (Å²) in [5, 5.41) is 6.67. The van der Waals surface area contributed by atoms with E-state index < -0.39 is 0 Å². The van der Waals surface area contributed by atoms with Gasteiger partial charge in [0.1, 0.15) is 0 Å². The van der Waals surface area contributed by atoms with Crippen LogP contribution in [0.1, 0.15) is 114 Å². The van der Waals surface area contributed by atoms with E-state index in [1.165, 1.54) is 25.7 Å². The lowest BCUT2D eigenvalue weighted by Gasteiger charge is -2.32. The van der Waals surface area contributed by atoms with Gasteiger partial charge < -0.3 is 20.1 Å². The minimum atomic E-state index is -0.173. The van der Waals surface area contributed by atoms with Crippen LogP contribution in [0.5, 0.6) is 0 Å². The first-order valence-corrected chi connectivity index (χ1v) is 12.7. The molecule has 0 aliphatic rings. The fourth-order valence-electron chi connectivity index (χ4n) is 3.40. The summed E-state index contributed by atoms with van der Waals surface area (Å²) in [6.45, 7) is 25.9. The molecule has 0 saturated carbocycles. The number of unbranched alkanes of at least 4 members (excludes halogenated alkanes) is 1. The maximum atomic E-state index is 11.8. The van der Waals surface area contributed by atoms with Crippen LogP contribution in [0.3, 0.4) is 0 Å². The highest BCUT2D eigenvalue weighted by Crippen LogP contribution is 2.31. The lowest BCUT2D eigenvalue weighted by atomic mass is 9.79. The summed E-state index contributed by atoms with van der Waals surface area (Å²) in [4.78, 5) is 11.8. The number of amides is 1. The lowest BCUT2D eigenvalue weighted by molar-refractivity contribution is -0.123. The highest BCUT2D eigenvalue weighted by Gasteiger charge is 2.23. The van der Waals surface area contributed by atoms with Gasteiger partial charge in [0.05, 0.1) is 13.2 Å². The number of rotatable bonds is 17. The minimum absolute atomic E-state index is 0.0623. The van der Waals surface area contributed by atoms with Crippen molar-refractivity contribution in [1.82, 2.24) is 10.6 Å². The quantitative estimate of drug-likeness (QED) is 0.259. The molecule has 0 aliphatic carbocycles. The molecule has 32 heavy (non-hydrogen) atoms. The zero-order valence-electron chi connectivity index (χ0n) is 23.2. The molecule has 2 N–H and O–H groups in total. The Balaban J connectivity index is 3.84. The molecule has 192 valence electrons. The van der Waals surface area contributed by atoms with Gasteiger partial charge in [0, 0.05) is 30.7 Å². The first-order valence-electron chi connectivity index (χ1n) is 12.7. The fraction of sp³-hybridized carbons (Fsp3) is 0.963. The summed E-state index contributed by atoms with van der Waals surface area (Å²) in [7, 11) is 0. The number of hydrogen-bond donors (Lipinski definition) is 2. The Hall–Kier alpha value is -0.650. The first kappa shape index (κ1) is 31.4. The predicted octanol–water partition coefficient (Wildman–Crippen LogP) is 6.11. The molecule has 0 radical (unpaired) electrons. The van der Waals surface area contributed by atoms with Gasteiger partial charge in [0.15, 0.2) is 0 Å². The Bertz CT molecular complexity index is 502. The van der Waals surface area contributed by atoms with Gasteiger partial charge in [-0.2, -0.15) is 0 Å².